The Morgan fingerprint density at radius 3 is 2.50 bits per heavy atom. The molecule has 1 heterocycles. The van der Waals surface area contributed by atoms with Crippen molar-refractivity contribution in [3.63, 3.8) is 0 Å². The Hall–Kier alpha value is -1.68. The normalized spacial score (nSPS) is 10.8. The average Bonchev–Trinajstić information content (AvgIpc) is 2.46. The third kappa shape index (κ3) is 2.61. The fourth-order valence-corrected chi connectivity index (χ4v) is 2.54. The van der Waals surface area contributed by atoms with Crippen molar-refractivity contribution in [2.75, 3.05) is 7.11 Å². The van der Waals surface area contributed by atoms with Crippen LogP contribution in [0.25, 0.3) is 11.3 Å². The molecular weight excluding hydrogens is 270 g/mol. The number of hydrogen-bond donors (Lipinski definition) is 1. The number of pyridine rings is 1. The quantitative estimate of drug-likeness (QED) is 0.873. The molecule has 0 saturated carbocycles. The first-order chi connectivity index (χ1) is 9.60. The molecular formula is C16H19NO2S. The van der Waals surface area contributed by atoms with Gasteiger partial charge in [0.2, 0.25) is 0 Å². The Labute approximate surface area is 124 Å². The van der Waals surface area contributed by atoms with Gasteiger partial charge >= 0.3 is 0 Å². The fourth-order valence-electron chi connectivity index (χ4n) is 2.30. The van der Waals surface area contributed by atoms with Crippen LogP contribution in [0.1, 0.15) is 25.5 Å². The highest BCUT2D eigenvalue weighted by atomic mass is 32.1. The summed E-state index contributed by atoms with van der Waals surface area (Å²) in [5.74, 6) is 1.21. The zero-order valence-electron chi connectivity index (χ0n) is 12.0. The minimum absolute atomic E-state index is 0.0124. The number of hydrogen-bond acceptors (Lipinski definition) is 3. The van der Waals surface area contributed by atoms with E-state index in [4.69, 9.17) is 4.74 Å². The van der Waals surface area contributed by atoms with Gasteiger partial charge in [-0.15, -0.1) is 0 Å². The summed E-state index contributed by atoms with van der Waals surface area (Å²) < 4.78 is 7.20. The number of rotatable bonds is 4. The molecule has 106 valence electrons. The number of aromatic nitrogens is 1. The van der Waals surface area contributed by atoms with Gasteiger partial charge in [0.15, 0.2) is 0 Å². The summed E-state index contributed by atoms with van der Waals surface area (Å²) in [7, 11) is 1.64. The largest absolute Gasteiger partial charge is 0.496 e. The minimum Gasteiger partial charge on any atom is -0.496 e. The number of para-hydroxylation sites is 1. The number of nitrogens with zero attached hydrogens (tertiary/aromatic N) is 1. The van der Waals surface area contributed by atoms with E-state index in [2.05, 4.69) is 12.6 Å². The molecule has 1 aromatic carbocycles. The number of benzene rings is 1. The van der Waals surface area contributed by atoms with Crippen molar-refractivity contribution >= 4 is 12.6 Å². The maximum Gasteiger partial charge on any atom is 0.255 e. The summed E-state index contributed by atoms with van der Waals surface area (Å²) in [6.45, 7) is 4.01. The molecule has 0 bridgehead atoms. The van der Waals surface area contributed by atoms with Gasteiger partial charge in [-0.1, -0.05) is 18.2 Å². The number of thiol groups is 1. The van der Waals surface area contributed by atoms with Crippen LogP contribution in [0.15, 0.2) is 41.2 Å². The van der Waals surface area contributed by atoms with Crippen molar-refractivity contribution < 1.29 is 4.74 Å². The first-order valence-electron chi connectivity index (χ1n) is 6.58. The monoisotopic (exact) mass is 289 g/mol. The topological polar surface area (TPSA) is 31.2 Å². The zero-order chi connectivity index (χ0) is 14.7. The Kier molecular flexibility index (Phi) is 4.55. The van der Waals surface area contributed by atoms with E-state index in [1.807, 2.05) is 50.2 Å². The van der Waals surface area contributed by atoms with E-state index in [9.17, 15) is 4.79 Å². The van der Waals surface area contributed by atoms with Crippen LogP contribution in [0.5, 0.6) is 5.75 Å². The van der Waals surface area contributed by atoms with Gasteiger partial charge in [-0.25, -0.2) is 0 Å². The van der Waals surface area contributed by atoms with Crippen LogP contribution in [-0.2, 0) is 5.75 Å². The van der Waals surface area contributed by atoms with Gasteiger partial charge in [-0.3, -0.25) is 4.79 Å². The van der Waals surface area contributed by atoms with Crippen LogP contribution in [0.2, 0.25) is 0 Å². The van der Waals surface area contributed by atoms with E-state index in [1.165, 1.54) is 0 Å². The first kappa shape index (κ1) is 14.7. The SMILES string of the molecule is COc1ccccc1-c1ccc(CS)c(=O)n1C(C)C. The lowest BCUT2D eigenvalue weighted by Gasteiger charge is -2.19. The second kappa shape index (κ2) is 6.18. The summed E-state index contributed by atoms with van der Waals surface area (Å²) in [5.41, 5.74) is 2.51. The summed E-state index contributed by atoms with van der Waals surface area (Å²) in [6.07, 6.45) is 0. The van der Waals surface area contributed by atoms with Crippen LogP contribution < -0.4 is 10.3 Å². The summed E-state index contributed by atoms with van der Waals surface area (Å²) >= 11 is 4.22. The van der Waals surface area contributed by atoms with Crippen molar-refractivity contribution in [1.82, 2.24) is 4.57 Å². The fraction of sp³-hybridized carbons (Fsp3) is 0.312. The standard InChI is InChI=1S/C16H19NO2S/c1-11(2)17-14(9-8-12(10-20)16(17)18)13-6-4-5-7-15(13)19-3/h4-9,11,20H,10H2,1-3H3. The lowest BCUT2D eigenvalue weighted by molar-refractivity contribution is 0.415. The van der Waals surface area contributed by atoms with E-state index in [0.717, 1.165) is 17.0 Å². The van der Waals surface area contributed by atoms with E-state index in [-0.39, 0.29) is 11.6 Å². The molecule has 0 fully saturated rings. The van der Waals surface area contributed by atoms with Gasteiger partial charge < -0.3 is 9.30 Å². The molecule has 0 aliphatic rings. The lowest BCUT2D eigenvalue weighted by Crippen LogP contribution is -2.26. The van der Waals surface area contributed by atoms with E-state index >= 15 is 0 Å². The van der Waals surface area contributed by atoms with Gasteiger partial charge in [0.25, 0.3) is 5.56 Å². The predicted molar refractivity (Wildman–Crippen MR) is 85.8 cm³/mol. The molecule has 2 aromatic rings. The Morgan fingerprint density at radius 1 is 1.20 bits per heavy atom. The Balaban J connectivity index is 2.74. The summed E-state index contributed by atoms with van der Waals surface area (Å²) in [6, 6.07) is 11.6. The molecule has 2 rings (SSSR count). The van der Waals surface area contributed by atoms with Crippen molar-refractivity contribution in [3.8, 4) is 17.0 Å². The molecule has 0 amide bonds. The van der Waals surface area contributed by atoms with Gasteiger partial charge in [0, 0.05) is 22.9 Å². The highest BCUT2D eigenvalue weighted by Gasteiger charge is 2.15. The molecule has 0 spiro atoms. The molecule has 0 unspecified atom stereocenters. The maximum atomic E-state index is 12.5. The smallest absolute Gasteiger partial charge is 0.255 e. The van der Waals surface area contributed by atoms with Gasteiger partial charge in [0.05, 0.1) is 12.8 Å². The highest BCUT2D eigenvalue weighted by molar-refractivity contribution is 7.79. The molecule has 1 aromatic heterocycles. The second-order valence-electron chi connectivity index (χ2n) is 4.87. The van der Waals surface area contributed by atoms with Gasteiger partial charge in [-0.05, 0) is 32.0 Å². The highest BCUT2D eigenvalue weighted by Crippen LogP contribution is 2.30. The maximum absolute atomic E-state index is 12.5. The summed E-state index contributed by atoms with van der Waals surface area (Å²) in [5, 5.41) is 0. The Bertz CT molecular complexity index is 662. The predicted octanol–water partition coefficient (Wildman–Crippen LogP) is 3.53. The molecule has 20 heavy (non-hydrogen) atoms. The number of ether oxygens (including phenoxy) is 1. The van der Waals surface area contributed by atoms with Gasteiger partial charge in [0.1, 0.15) is 5.75 Å². The molecule has 0 radical (unpaired) electrons. The molecule has 4 heteroatoms. The zero-order valence-corrected chi connectivity index (χ0v) is 12.9. The van der Waals surface area contributed by atoms with Crippen LogP contribution in [0.4, 0.5) is 0 Å². The van der Waals surface area contributed by atoms with Crippen LogP contribution in [0, 0.1) is 0 Å². The third-order valence-corrected chi connectivity index (χ3v) is 3.61. The van der Waals surface area contributed by atoms with Gasteiger partial charge in [-0.2, -0.15) is 12.6 Å². The summed E-state index contributed by atoms with van der Waals surface area (Å²) in [4.78, 5) is 12.5. The van der Waals surface area contributed by atoms with E-state index in [0.29, 0.717) is 11.3 Å². The first-order valence-corrected chi connectivity index (χ1v) is 7.22. The second-order valence-corrected chi connectivity index (χ2v) is 5.19. The molecule has 0 aliphatic heterocycles. The van der Waals surface area contributed by atoms with Crippen LogP contribution >= 0.6 is 12.6 Å². The molecule has 0 atom stereocenters. The average molecular weight is 289 g/mol. The van der Waals surface area contributed by atoms with Crippen LogP contribution in [0.3, 0.4) is 0 Å². The molecule has 0 aliphatic carbocycles. The van der Waals surface area contributed by atoms with Crippen molar-refractivity contribution in [3.05, 3.63) is 52.3 Å². The van der Waals surface area contributed by atoms with Crippen molar-refractivity contribution in [2.24, 2.45) is 0 Å². The Morgan fingerprint density at radius 2 is 1.90 bits per heavy atom. The van der Waals surface area contributed by atoms with Crippen molar-refractivity contribution in [2.45, 2.75) is 25.6 Å². The third-order valence-electron chi connectivity index (χ3n) is 3.27. The molecule has 0 saturated heterocycles. The molecule has 0 N–H and O–H groups in total. The number of methoxy groups -OCH3 is 1. The minimum atomic E-state index is 0.0124. The van der Waals surface area contributed by atoms with Crippen molar-refractivity contribution in [1.29, 1.82) is 0 Å². The van der Waals surface area contributed by atoms with E-state index < -0.39 is 0 Å². The molecule has 3 nitrogen and oxygen atoms in total. The van der Waals surface area contributed by atoms with E-state index in [1.54, 1.807) is 11.7 Å². The lowest BCUT2D eigenvalue weighted by atomic mass is 10.1. The van der Waals surface area contributed by atoms with Crippen LogP contribution in [-0.4, -0.2) is 11.7 Å².